The van der Waals surface area contributed by atoms with E-state index in [2.05, 4.69) is 40.0 Å². The quantitative estimate of drug-likeness (QED) is 0.878. The first-order valence-corrected chi connectivity index (χ1v) is 8.22. The maximum atomic E-state index is 6.65. The van der Waals surface area contributed by atoms with Crippen LogP contribution in [0.5, 0.6) is 0 Å². The van der Waals surface area contributed by atoms with E-state index < -0.39 is 0 Å². The maximum Gasteiger partial charge on any atom is 0.0946 e. The Labute approximate surface area is 121 Å². The number of aromatic nitrogens is 1. The van der Waals surface area contributed by atoms with Gasteiger partial charge in [0, 0.05) is 22.8 Å². The topological polar surface area (TPSA) is 38.9 Å². The molecule has 2 nitrogen and oxygen atoms in total. The van der Waals surface area contributed by atoms with Crippen LogP contribution >= 0.6 is 11.3 Å². The lowest BCUT2D eigenvalue weighted by Gasteiger charge is -2.42. The van der Waals surface area contributed by atoms with Gasteiger partial charge >= 0.3 is 0 Å². The highest BCUT2D eigenvalue weighted by molar-refractivity contribution is 7.09. The first kappa shape index (κ1) is 15.0. The van der Waals surface area contributed by atoms with Crippen molar-refractivity contribution in [3.63, 3.8) is 0 Å². The minimum atomic E-state index is -0.0469. The summed E-state index contributed by atoms with van der Waals surface area (Å²) in [5, 5.41) is 3.41. The van der Waals surface area contributed by atoms with Crippen LogP contribution in [0.1, 0.15) is 71.0 Å². The van der Waals surface area contributed by atoms with E-state index in [-0.39, 0.29) is 11.0 Å². The van der Waals surface area contributed by atoms with Gasteiger partial charge in [0.25, 0.3) is 0 Å². The van der Waals surface area contributed by atoms with Gasteiger partial charge in [-0.1, -0.05) is 41.0 Å². The highest BCUT2D eigenvalue weighted by Crippen LogP contribution is 2.41. The SMILES string of the molecule is CC1(C)CCCC(N)(Cc2nc(C(C)(C)C)cs2)C1. The molecule has 1 aromatic rings. The Kier molecular flexibility index (Phi) is 3.83. The zero-order valence-corrected chi connectivity index (χ0v) is 13.9. The van der Waals surface area contributed by atoms with Gasteiger partial charge in [-0.25, -0.2) is 4.98 Å². The third kappa shape index (κ3) is 3.79. The van der Waals surface area contributed by atoms with E-state index in [1.54, 1.807) is 11.3 Å². The van der Waals surface area contributed by atoms with Crippen molar-refractivity contribution < 1.29 is 0 Å². The van der Waals surface area contributed by atoms with E-state index in [0.717, 1.165) is 19.3 Å². The van der Waals surface area contributed by atoms with Crippen LogP contribution in [-0.4, -0.2) is 10.5 Å². The summed E-state index contributed by atoms with van der Waals surface area (Å²) in [6, 6.07) is 0. The van der Waals surface area contributed by atoms with Crippen LogP contribution in [0.3, 0.4) is 0 Å². The predicted molar refractivity (Wildman–Crippen MR) is 83.7 cm³/mol. The monoisotopic (exact) mass is 280 g/mol. The second kappa shape index (κ2) is 4.85. The number of thiazole rings is 1. The first-order valence-electron chi connectivity index (χ1n) is 7.34. The Morgan fingerprint density at radius 3 is 2.53 bits per heavy atom. The summed E-state index contributed by atoms with van der Waals surface area (Å²) in [5.74, 6) is 0. The molecule has 3 heteroatoms. The lowest BCUT2D eigenvalue weighted by atomic mass is 9.67. The molecule has 1 aliphatic carbocycles. The molecule has 19 heavy (non-hydrogen) atoms. The summed E-state index contributed by atoms with van der Waals surface area (Å²) >= 11 is 1.78. The van der Waals surface area contributed by atoms with Crippen molar-refractivity contribution >= 4 is 11.3 Å². The van der Waals surface area contributed by atoms with Crippen molar-refractivity contribution in [2.75, 3.05) is 0 Å². The van der Waals surface area contributed by atoms with Crippen molar-refractivity contribution in [1.29, 1.82) is 0 Å². The molecule has 0 aromatic carbocycles. The Morgan fingerprint density at radius 1 is 1.32 bits per heavy atom. The Hall–Kier alpha value is -0.410. The minimum absolute atomic E-state index is 0.0469. The van der Waals surface area contributed by atoms with E-state index in [9.17, 15) is 0 Å². The summed E-state index contributed by atoms with van der Waals surface area (Å²) in [6.45, 7) is 11.3. The van der Waals surface area contributed by atoms with E-state index in [0.29, 0.717) is 5.41 Å². The van der Waals surface area contributed by atoms with Gasteiger partial charge in [0.1, 0.15) is 0 Å². The zero-order chi connectivity index (χ0) is 14.3. The fourth-order valence-corrected chi connectivity index (χ4v) is 4.41. The van der Waals surface area contributed by atoms with Crippen LogP contribution in [-0.2, 0) is 11.8 Å². The van der Waals surface area contributed by atoms with Crippen LogP contribution < -0.4 is 5.73 Å². The van der Waals surface area contributed by atoms with Gasteiger partial charge in [0.2, 0.25) is 0 Å². The Bertz CT molecular complexity index is 442. The van der Waals surface area contributed by atoms with Crippen molar-refractivity contribution in [2.45, 2.75) is 77.7 Å². The van der Waals surface area contributed by atoms with Gasteiger partial charge in [-0.15, -0.1) is 11.3 Å². The molecule has 0 radical (unpaired) electrons. The van der Waals surface area contributed by atoms with Crippen LogP contribution in [0, 0.1) is 5.41 Å². The van der Waals surface area contributed by atoms with Crippen molar-refractivity contribution in [2.24, 2.45) is 11.1 Å². The van der Waals surface area contributed by atoms with E-state index in [4.69, 9.17) is 10.7 Å². The van der Waals surface area contributed by atoms with Gasteiger partial charge in [0.15, 0.2) is 0 Å². The van der Waals surface area contributed by atoms with E-state index in [1.165, 1.54) is 23.5 Å². The largest absolute Gasteiger partial charge is 0.325 e. The molecule has 1 heterocycles. The molecule has 108 valence electrons. The van der Waals surface area contributed by atoms with E-state index in [1.807, 2.05) is 0 Å². The molecule has 1 aliphatic rings. The second-order valence-electron chi connectivity index (χ2n) is 8.11. The average Bonchev–Trinajstić information content (AvgIpc) is 2.62. The summed E-state index contributed by atoms with van der Waals surface area (Å²) < 4.78 is 0. The van der Waals surface area contributed by atoms with Crippen molar-refractivity contribution in [3.05, 3.63) is 16.1 Å². The standard InChI is InChI=1S/C16H28N2S/c1-14(2,3)12-10-19-13(18-12)9-16(17)8-6-7-15(4,5)11-16/h10H,6-9,11,17H2,1-5H3. The molecule has 0 aliphatic heterocycles. The third-order valence-corrected chi connectivity index (χ3v) is 5.03. The zero-order valence-electron chi connectivity index (χ0n) is 13.0. The van der Waals surface area contributed by atoms with Gasteiger partial charge in [-0.3, -0.25) is 0 Å². The van der Waals surface area contributed by atoms with Gasteiger partial charge in [0.05, 0.1) is 10.7 Å². The number of hydrogen-bond acceptors (Lipinski definition) is 3. The van der Waals surface area contributed by atoms with Crippen LogP contribution in [0.4, 0.5) is 0 Å². The lowest BCUT2D eigenvalue weighted by Crippen LogP contribution is -2.48. The first-order chi connectivity index (χ1) is 8.60. The summed E-state index contributed by atoms with van der Waals surface area (Å²) in [4.78, 5) is 4.81. The van der Waals surface area contributed by atoms with Crippen molar-refractivity contribution in [3.8, 4) is 0 Å². The van der Waals surface area contributed by atoms with Gasteiger partial charge < -0.3 is 5.73 Å². The van der Waals surface area contributed by atoms with Crippen LogP contribution in [0.25, 0.3) is 0 Å². The summed E-state index contributed by atoms with van der Waals surface area (Å²) in [7, 11) is 0. The highest BCUT2D eigenvalue weighted by Gasteiger charge is 2.37. The fraction of sp³-hybridized carbons (Fsp3) is 0.812. The minimum Gasteiger partial charge on any atom is -0.325 e. The predicted octanol–water partition coefficient (Wildman–Crippen LogP) is 4.28. The molecule has 1 saturated carbocycles. The number of rotatable bonds is 2. The fourth-order valence-electron chi connectivity index (χ4n) is 3.24. The molecule has 1 fully saturated rings. The normalized spacial score (nSPS) is 27.5. The molecular weight excluding hydrogens is 252 g/mol. The van der Waals surface area contributed by atoms with Crippen LogP contribution in [0.15, 0.2) is 5.38 Å². The molecule has 2 N–H and O–H groups in total. The molecule has 0 bridgehead atoms. The summed E-state index contributed by atoms with van der Waals surface area (Å²) in [6.07, 6.45) is 5.75. The smallest absolute Gasteiger partial charge is 0.0946 e. The number of hydrogen-bond donors (Lipinski definition) is 1. The van der Waals surface area contributed by atoms with Crippen LogP contribution in [0.2, 0.25) is 0 Å². The Balaban J connectivity index is 2.10. The lowest BCUT2D eigenvalue weighted by molar-refractivity contribution is 0.151. The highest BCUT2D eigenvalue weighted by atomic mass is 32.1. The van der Waals surface area contributed by atoms with Gasteiger partial charge in [-0.05, 0) is 24.7 Å². The third-order valence-electron chi connectivity index (χ3n) is 4.18. The maximum absolute atomic E-state index is 6.65. The summed E-state index contributed by atoms with van der Waals surface area (Å²) in [5.41, 5.74) is 8.33. The number of nitrogens with zero attached hydrogens (tertiary/aromatic N) is 1. The molecule has 2 rings (SSSR count). The molecule has 0 amide bonds. The Morgan fingerprint density at radius 2 is 2.00 bits per heavy atom. The molecule has 1 atom stereocenters. The van der Waals surface area contributed by atoms with E-state index >= 15 is 0 Å². The molecule has 1 aromatic heterocycles. The number of nitrogens with two attached hydrogens (primary N) is 1. The molecular formula is C16H28N2S. The second-order valence-corrected chi connectivity index (χ2v) is 9.05. The molecule has 0 spiro atoms. The average molecular weight is 280 g/mol. The molecule has 0 saturated heterocycles. The van der Waals surface area contributed by atoms with Gasteiger partial charge in [-0.2, -0.15) is 0 Å². The van der Waals surface area contributed by atoms with Crippen molar-refractivity contribution in [1.82, 2.24) is 4.98 Å². The molecule has 1 unspecified atom stereocenters.